The topological polar surface area (TPSA) is 161 Å². The van der Waals surface area contributed by atoms with E-state index in [0.29, 0.717) is 22.4 Å². The molecule has 2 aromatic carbocycles. The normalized spacial score (nSPS) is 30.1. The molecule has 0 saturated heterocycles. The first-order chi connectivity index (χ1) is 20.4. The number of carbonyl (C=O) groups is 4. The Morgan fingerprint density at radius 2 is 1.66 bits per heavy atom. The molecule has 0 heterocycles. The summed E-state index contributed by atoms with van der Waals surface area (Å²) in [5.74, 6) is -9.15. The molecule has 3 unspecified atom stereocenters. The molecule has 10 heteroatoms. The van der Waals surface area contributed by atoms with Crippen LogP contribution in [0.4, 0.5) is 5.69 Å². The summed E-state index contributed by atoms with van der Waals surface area (Å²) in [5.41, 5.74) is 6.43. The van der Waals surface area contributed by atoms with Gasteiger partial charge in [-0.3, -0.25) is 19.2 Å². The van der Waals surface area contributed by atoms with E-state index in [2.05, 4.69) is 20.8 Å². The highest BCUT2D eigenvalue weighted by Crippen LogP contribution is 2.53. The number of carbonyl (C=O) groups excluding carboxylic acids is 4. The molecule has 3 aliphatic rings. The molecule has 2 fully saturated rings. The van der Waals surface area contributed by atoms with E-state index in [1.54, 1.807) is 19.0 Å². The number of nitrogens with zero attached hydrogens (tertiary/aromatic N) is 2. The largest absolute Gasteiger partial charge is 0.507 e. The van der Waals surface area contributed by atoms with Gasteiger partial charge in [0.1, 0.15) is 11.7 Å². The molecule has 0 bridgehead atoms. The van der Waals surface area contributed by atoms with Crippen LogP contribution in [0.2, 0.25) is 0 Å². The number of benzene rings is 2. The standard InChI is InChI=1S/C34H43N3O7/c1-33(2,3)15-16-8-10-17(11-9-16)19-14-22(36(4)5)20-12-18-13-21-26(37(6)7)29(40)25(32(35)43)31(42)34(21,44)30(41)23(18)28(39)24(20)27(19)38/h8-11,14,18,21,23,25-26,29,38,40,44H,12-13,15H2,1-7H3,(H2,35,43)/t18-,21-,23?,25?,26-,29?,34-/m1/s1. The summed E-state index contributed by atoms with van der Waals surface area (Å²) in [4.78, 5) is 57.8. The number of phenols is 1. The average molecular weight is 606 g/mol. The number of primary amides is 1. The van der Waals surface area contributed by atoms with Crippen LogP contribution in [0.1, 0.15) is 48.7 Å². The van der Waals surface area contributed by atoms with Gasteiger partial charge >= 0.3 is 0 Å². The predicted octanol–water partition coefficient (Wildman–Crippen LogP) is 1.98. The summed E-state index contributed by atoms with van der Waals surface area (Å²) in [5, 5.41) is 34.6. The first-order valence-electron chi connectivity index (χ1n) is 15.0. The van der Waals surface area contributed by atoms with Crippen LogP contribution in [-0.4, -0.2) is 89.4 Å². The molecule has 7 atom stereocenters. The van der Waals surface area contributed by atoms with Gasteiger partial charge in [0.15, 0.2) is 23.0 Å². The molecule has 0 aliphatic heterocycles. The molecule has 5 rings (SSSR count). The van der Waals surface area contributed by atoms with E-state index in [0.717, 1.165) is 12.0 Å². The fourth-order valence-electron chi connectivity index (χ4n) is 7.90. The maximum Gasteiger partial charge on any atom is 0.230 e. The number of Topliss-reactive ketones (excluding diaryl/α,β-unsaturated/α-hetero) is 3. The summed E-state index contributed by atoms with van der Waals surface area (Å²) in [7, 11) is 6.93. The molecule has 0 aromatic heterocycles. The zero-order valence-corrected chi connectivity index (χ0v) is 26.4. The summed E-state index contributed by atoms with van der Waals surface area (Å²) >= 11 is 0. The van der Waals surface area contributed by atoms with Gasteiger partial charge in [-0.05, 0) is 67.4 Å². The third-order valence-electron chi connectivity index (χ3n) is 9.75. The van der Waals surface area contributed by atoms with Crippen molar-refractivity contribution in [3.63, 3.8) is 0 Å². The van der Waals surface area contributed by atoms with Crippen LogP contribution < -0.4 is 10.6 Å². The minimum atomic E-state index is -2.69. The number of aromatic hydroxyl groups is 1. The van der Waals surface area contributed by atoms with Crippen molar-refractivity contribution < 1.29 is 34.5 Å². The number of nitrogens with two attached hydrogens (primary N) is 1. The average Bonchev–Trinajstić information content (AvgIpc) is 2.90. The van der Waals surface area contributed by atoms with Gasteiger partial charge in [-0.15, -0.1) is 0 Å². The van der Waals surface area contributed by atoms with Crippen molar-refractivity contribution in [2.45, 2.75) is 57.8 Å². The van der Waals surface area contributed by atoms with Crippen molar-refractivity contribution in [2.75, 3.05) is 33.1 Å². The number of ketones is 3. The van der Waals surface area contributed by atoms with Gasteiger partial charge in [0.25, 0.3) is 0 Å². The van der Waals surface area contributed by atoms with Gasteiger partial charge in [0.2, 0.25) is 5.91 Å². The molecule has 2 aromatic rings. The number of likely N-dealkylation sites (N-methyl/N-ethyl adjacent to an activating group) is 1. The lowest BCUT2D eigenvalue weighted by molar-refractivity contribution is -0.190. The van der Waals surface area contributed by atoms with Crippen molar-refractivity contribution in [3.05, 3.63) is 47.0 Å². The number of hydrogen-bond acceptors (Lipinski definition) is 9. The van der Waals surface area contributed by atoms with Gasteiger partial charge in [-0.2, -0.15) is 0 Å². The summed E-state index contributed by atoms with van der Waals surface area (Å²) in [6.07, 6.45) is -0.365. The number of fused-ring (bicyclic) bond motifs is 3. The number of amides is 1. The van der Waals surface area contributed by atoms with Crippen molar-refractivity contribution in [3.8, 4) is 16.9 Å². The third-order valence-corrected chi connectivity index (χ3v) is 9.75. The number of anilines is 1. The van der Waals surface area contributed by atoms with Crippen molar-refractivity contribution in [1.82, 2.24) is 4.90 Å². The monoisotopic (exact) mass is 605 g/mol. The first-order valence-corrected chi connectivity index (χ1v) is 15.0. The molecular weight excluding hydrogens is 562 g/mol. The zero-order valence-electron chi connectivity index (χ0n) is 26.4. The lowest BCUT2D eigenvalue weighted by atomic mass is 9.52. The molecule has 0 radical (unpaired) electrons. The van der Waals surface area contributed by atoms with Crippen LogP contribution >= 0.6 is 0 Å². The second kappa shape index (κ2) is 10.8. The fraction of sp³-hybridized carbons (Fsp3) is 0.529. The maximum absolute atomic E-state index is 14.3. The van der Waals surface area contributed by atoms with Gasteiger partial charge < -0.3 is 30.9 Å². The Balaban J connectivity index is 1.63. The van der Waals surface area contributed by atoms with Crippen LogP contribution in [0.15, 0.2) is 30.3 Å². The van der Waals surface area contributed by atoms with E-state index in [-0.39, 0.29) is 29.6 Å². The minimum Gasteiger partial charge on any atom is -0.507 e. The van der Waals surface area contributed by atoms with Crippen LogP contribution in [0.25, 0.3) is 11.1 Å². The van der Waals surface area contributed by atoms with Crippen molar-refractivity contribution >= 4 is 28.9 Å². The van der Waals surface area contributed by atoms with E-state index >= 15 is 0 Å². The Labute approximate surface area is 257 Å². The van der Waals surface area contributed by atoms with Gasteiger partial charge in [0.05, 0.1) is 17.6 Å². The SMILES string of the molecule is CN(C)c1cc(-c2ccc(CC(C)(C)C)cc2)c(O)c2c1C[C@@H]1C[C@@H]3[C@@H](N(C)C)C(O)C(C(N)=O)C(=O)[C@]3(O)C(=O)C1C2=O. The molecule has 2 saturated carbocycles. The Hall–Kier alpha value is -3.60. The van der Waals surface area contributed by atoms with Crippen LogP contribution in [0, 0.1) is 29.1 Å². The molecule has 10 nitrogen and oxygen atoms in total. The second-order valence-electron chi connectivity index (χ2n) is 14.4. The number of aliphatic hydroxyl groups is 2. The number of phenolic OH excluding ortho intramolecular Hbond substituents is 1. The predicted molar refractivity (Wildman–Crippen MR) is 165 cm³/mol. The zero-order chi connectivity index (χ0) is 32.6. The van der Waals surface area contributed by atoms with E-state index < -0.39 is 64.7 Å². The first kappa shape index (κ1) is 31.8. The highest BCUT2D eigenvalue weighted by atomic mass is 16.3. The molecule has 44 heavy (non-hydrogen) atoms. The van der Waals surface area contributed by atoms with E-state index in [1.807, 2.05) is 49.3 Å². The van der Waals surface area contributed by atoms with E-state index in [9.17, 15) is 34.5 Å². The van der Waals surface area contributed by atoms with E-state index in [4.69, 9.17) is 5.73 Å². The number of hydrogen-bond donors (Lipinski definition) is 4. The summed E-state index contributed by atoms with van der Waals surface area (Å²) in [6, 6.07) is 8.68. The highest BCUT2D eigenvalue weighted by Gasteiger charge is 2.69. The molecule has 1 amide bonds. The van der Waals surface area contributed by atoms with Gasteiger partial charge in [0, 0.05) is 37.3 Å². The summed E-state index contributed by atoms with van der Waals surface area (Å²) in [6.45, 7) is 6.46. The van der Waals surface area contributed by atoms with Gasteiger partial charge in [-0.25, -0.2) is 0 Å². The van der Waals surface area contributed by atoms with Crippen LogP contribution in [0.5, 0.6) is 5.75 Å². The quantitative estimate of drug-likeness (QED) is 0.374. The Morgan fingerprint density at radius 3 is 2.18 bits per heavy atom. The van der Waals surface area contributed by atoms with Crippen molar-refractivity contribution in [1.29, 1.82) is 0 Å². The van der Waals surface area contributed by atoms with Crippen molar-refractivity contribution in [2.24, 2.45) is 34.8 Å². The molecule has 3 aliphatic carbocycles. The Morgan fingerprint density at radius 1 is 1.05 bits per heavy atom. The lowest BCUT2D eigenvalue weighted by Crippen LogP contribution is -2.75. The Kier molecular flexibility index (Phi) is 7.80. The van der Waals surface area contributed by atoms with E-state index in [1.165, 1.54) is 0 Å². The van der Waals surface area contributed by atoms with Crippen LogP contribution in [-0.2, 0) is 27.2 Å². The third kappa shape index (κ3) is 4.83. The van der Waals surface area contributed by atoms with Gasteiger partial charge in [-0.1, -0.05) is 45.0 Å². The highest BCUT2D eigenvalue weighted by molar-refractivity contribution is 6.26. The molecule has 0 spiro atoms. The number of aliphatic hydroxyl groups excluding tert-OH is 1. The maximum atomic E-state index is 14.3. The smallest absolute Gasteiger partial charge is 0.230 e. The molecule has 236 valence electrons. The minimum absolute atomic E-state index is 0.000483. The molecular formula is C34H43N3O7. The lowest BCUT2D eigenvalue weighted by Gasteiger charge is -2.55. The Bertz CT molecular complexity index is 1540. The fourth-order valence-corrected chi connectivity index (χ4v) is 7.90. The second-order valence-corrected chi connectivity index (χ2v) is 14.4. The summed E-state index contributed by atoms with van der Waals surface area (Å²) < 4.78 is 0. The molecule has 5 N–H and O–H groups in total. The van der Waals surface area contributed by atoms with Crippen LogP contribution in [0.3, 0.4) is 0 Å². The number of rotatable bonds is 5.